The van der Waals surface area contributed by atoms with Crippen molar-refractivity contribution >= 4 is 0 Å². The fourth-order valence-corrected chi connectivity index (χ4v) is 2.83. The molecule has 1 rings (SSSR count). The van der Waals surface area contributed by atoms with Gasteiger partial charge in [0.15, 0.2) is 0 Å². The maximum atomic E-state index is 3.45. The first kappa shape index (κ1) is 13.0. The number of nitrogens with zero attached hydrogens (tertiary/aromatic N) is 1. The average Bonchev–Trinajstić information content (AvgIpc) is 2.21. The summed E-state index contributed by atoms with van der Waals surface area (Å²) >= 11 is 0. The molecule has 0 bridgehead atoms. The molecule has 1 N–H and O–H groups in total. The molecule has 0 radical (unpaired) electrons. The van der Waals surface area contributed by atoms with Crippen LogP contribution in [0.3, 0.4) is 0 Å². The maximum Gasteiger partial charge on any atom is 0.0153 e. The summed E-state index contributed by atoms with van der Waals surface area (Å²) in [4.78, 5) is 2.69. The molecule has 0 aliphatic carbocycles. The third kappa shape index (κ3) is 2.54. The Labute approximate surface area is 95.4 Å². The Morgan fingerprint density at radius 2 is 1.93 bits per heavy atom. The summed E-state index contributed by atoms with van der Waals surface area (Å²) < 4.78 is 0. The standard InChI is InChI=1S/C13H28N2/c1-7-13(4,5)15-9-8-12(14-6)10(2)11(15)3/h10-12,14H,7-9H2,1-6H3. The Morgan fingerprint density at radius 3 is 2.40 bits per heavy atom. The van der Waals surface area contributed by atoms with Crippen LogP contribution in [0.15, 0.2) is 0 Å². The highest BCUT2D eigenvalue weighted by atomic mass is 15.2. The van der Waals surface area contributed by atoms with Gasteiger partial charge in [0.05, 0.1) is 0 Å². The normalized spacial score (nSPS) is 34.4. The highest BCUT2D eigenvalue weighted by molar-refractivity contribution is 4.94. The number of hydrogen-bond donors (Lipinski definition) is 1. The lowest BCUT2D eigenvalue weighted by Crippen LogP contribution is -2.59. The number of rotatable bonds is 3. The molecule has 0 amide bonds. The SMILES string of the molecule is CCC(C)(C)N1CCC(NC)C(C)C1C. The van der Waals surface area contributed by atoms with Gasteiger partial charge in [0.2, 0.25) is 0 Å². The molecule has 3 atom stereocenters. The molecule has 3 unspecified atom stereocenters. The van der Waals surface area contributed by atoms with Crippen LogP contribution in [0.2, 0.25) is 0 Å². The predicted molar refractivity (Wildman–Crippen MR) is 67.2 cm³/mol. The summed E-state index contributed by atoms with van der Waals surface area (Å²) in [6.45, 7) is 13.0. The van der Waals surface area contributed by atoms with Crippen molar-refractivity contribution in [3.8, 4) is 0 Å². The fourth-order valence-electron chi connectivity index (χ4n) is 2.83. The molecule has 90 valence electrons. The average molecular weight is 212 g/mol. The second kappa shape index (κ2) is 4.84. The van der Waals surface area contributed by atoms with Crippen LogP contribution >= 0.6 is 0 Å². The van der Waals surface area contributed by atoms with Crippen LogP contribution in [-0.2, 0) is 0 Å². The van der Waals surface area contributed by atoms with Gasteiger partial charge in [-0.25, -0.2) is 0 Å². The summed E-state index contributed by atoms with van der Waals surface area (Å²) in [6.07, 6.45) is 2.51. The van der Waals surface area contributed by atoms with Gasteiger partial charge in [0, 0.05) is 24.2 Å². The molecule has 1 saturated heterocycles. The number of piperidine rings is 1. The molecule has 2 heteroatoms. The van der Waals surface area contributed by atoms with E-state index in [9.17, 15) is 0 Å². The predicted octanol–water partition coefficient (Wildman–Crippen LogP) is 2.49. The van der Waals surface area contributed by atoms with Crippen LogP contribution in [0.4, 0.5) is 0 Å². The second-order valence-corrected chi connectivity index (χ2v) is 5.64. The lowest BCUT2D eigenvalue weighted by atomic mass is 9.83. The van der Waals surface area contributed by atoms with Crippen molar-refractivity contribution in [3.05, 3.63) is 0 Å². The maximum absolute atomic E-state index is 3.45. The molecule has 1 aliphatic heterocycles. The summed E-state index contributed by atoms with van der Waals surface area (Å²) in [5.74, 6) is 0.745. The Bertz CT molecular complexity index is 201. The van der Waals surface area contributed by atoms with Crippen molar-refractivity contribution < 1.29 is 0 Å². The van der Waals surface area contributed by atoms with Crippen molar-refractivity contribution in [2.75, 3.05) is 13.6 Å². The van der Waals surface area contributed by atoms with Crippen molar-refractivity contribution in [1.29, 1.82) is 0 Å². The van der Waals surface area contributed by atoms with Crippen molar-refractivity contribution in [1.82, 2.24) is 10.2 Å². The Kier molecular flexibility index (Phi) is 4.19. The molecule has 0 spiro atoms. The molecule has 1 aliphatic rings. The third-order valence-electron chi connectivity index (χ3n) is 4.58. The van der Waals surface area contributed by atoms with Crippen LogP contribution in [0.5, 0.6) is 0 Å². The quantitative estimate of drug-likeness (QED) is 0.773. The molecular formula is C13H28N2. The lowest BCUT2D eigenvalue weighted by molar-refractivity contribution is 0.00415. The van der Waals surface area contributed by atoms with E-state index in [0.717, 1.165) is 5.92 Å². The van der Waals surface area contributed by atoms with Crippen LogP contribution in [0, 0.1) is 5.92 Å². The minimum Gasteiger partial charge on any atom is -0.317 e. The van der Waals surface area contributed by atoms with Gasteiger partial charge in [-0.15, -0.1) is 0 Å². The molecule has 15 heavy (non-hydrogen) atoms. The molecule has 0 saturated carbocycles. The summed E-state index contributed by atoms with van der Waals surface area (Å²) in [7, 11) is 2.09. The van der Waals surface area contributed by atoms with Crippen molar-refractivity contribution in [2.24, 2.45) is 5.92 Å². The van der Waals surface area contributed by atoms with Gasteiger partial charge in [-0.05, 0) is 46.6 Å². The third-order valence-corrected chi connectivity index (χ3v) is 4.58. The minimum absolute atomic E-state index is 0.354. The van der Waals surface area contributed by atoms with E-state index in [1.165, 1.54) is 19.4 Å². The number of nitrogens with one attached hydrogen (secondary N) is 1. The molecule has 0 aromatic carbocycles. The monoisotopic (exact) mass is 212 g/mol. The molecule has 2 nitrogen and oxygen atoms in total. The van der Waals surface area contributed by atoms with E-state index in [1.54, 1.807) is 0 Å². The Balaban J connectivity index is 2.72. The molecule has 0 aromatic heterocycles. The molecular weight excluding hydrogens is 184 g/mol. The first-order chi connectivity index (χ1) is 6.94. The van der Waals surface area contributed by atoms with E-state index < -0.39 is 0 Å². The summed E-state index contributed by atoms with van der Waals surface area (Å²) in [6, 6.07) is 1.38. The minimum atomic E-state index is 0.354. The Morgan fingerprint density at radius 1 is 1.33 bits per heavy atom. The zero-order chi connectivity index (χ0) is 11.6. The van der Waals surface area contributed by atoms with Crippen LogP contribution in [0.1, 0.15) is 47.5 Å². The molecule has 1 fully saturated rings. The van der Waals surface area contributed by atoms with Gasteiger partial charge in [0.25, 0.3) is 0 Å². The molecule has 1 heterocycles. The van der Waals surface area contributed by atoms with Crippen LogP contribution in [0.25, 0.3) is 0 Å². The van der Waals surface area contributed by atoms with Gasteiger partial charge in [-0.1, -0.05) is 13.8 Å². The number of hydrogen-bond acceptors (Lipinski definition) is 2. The van der Waals surface area contributed by atoms with Crippen molar-refractivity contribution in [2.45, 2.75) is 65.1 Å². The highest BCUT2D eigenvalue weighted by Gasteiger charge is 2.37. The van der Waals surface area contributed by atoms with Crippen molar-refractivity contribution in [3.63, 3.8) is 0 Å². The van der Waals surface area contributed by atoms with E-state index in [-0.39, 0.29) is 0 Å². The van der Waals surface area contributed by atoms with E-state index in [0.29, 0.717) is 17.6 Å². The zero-order valence-corrected chi connectivity index (χ0v) is 11.3. The van der Waals surface area contributed by atoms with Crippen LogP contribution in [-0.4, -0.2) is 36.1 Å². The van der Waals surface area contributed by atoms with E-state index in [4.69, 9.17) is 0 Å². The van der Waals surface area contributed by atoms with Gasteiger partial charge in [-0.2, -0.15) is 0 Å². The lowest BCUT2D eigenvalue weighted by Gasteiger charge is -2.50. The second-order valence-electron chi connectivity index (χ2n) is 5.64. The fraction of sp³-hybridized carbons (Fsp3) is 1.00. The summed E-state index contributed by atoms with van der Waals surface area (Å²) in [5.41, 5.74) is 0.354. The largest absolute Gasteiger partial charge is 0.317 e. The van der Waals surface area contributed by atoms with E-state index in [2.05, 4.69) is 51.9 Å². The Hall–Kier alpha value is -0.0800. The smallest absolute Gasteiger partial charge is 0.0153 e. The zero-order valence-electron chi connectivity index (χ0n) is 11.3. The van der Waals surface area contributed by atoms with Gasteiger partial charge < -0.3 is 5.32 Å². The van der Waals surface area contributed by atoms with Gasteiger partial charge in [0.1, 0.15) is 0 Å². The number of likely N-dealkylation sites (tertiary alicyclic amines) is 1. The summed E-state index contributed by atoms with van der Waals surface area (Å²) in [5, 5.41) is 3.45. The van der Waals surface area contributed by atoms with E-state index >= 15 is 0 Å². The van der Waals surface area contributed by atoms with E-state index in [1.807, 2.05) is 0 Å². The van der Waals surface area contributed by atoms with Crippen LogP contribution < -0.4 is 5.32 Å². The first-order valence-corrected chi connectivity index (χ1v) is 6.38. The molecule has 0 aromatic rings. The highest BCUT2D eigenvalue weighted by Crippen LogP contribution is 2.31. The topological polar surface area (TPSA) is 15.3 Å². The van der Waals surface area contributed by atoms with Gasteiger partial charge >= 0.3 is 0 Å². The van der Waals surface area contributed by atoms with Gasteiger partial charge in [-0.3, -0.25) is 4.90 Å². The first-order valence-electron chi connectivity index (χ1n) is 6.38.